The number of fused-ring (bicyclic) bond motifs is 1. The third kappa shape index (κ3) is 7.64. The zero-order valence-corrected chi connectivity index (χ0v) is 20.7. The molecule has 0 spiro atoms. The maximum Gasteiger partial charge on any atom is 0.194 e. The first-order chi connectivity index (χ1) is 13.7. The summed E-state index contributed by atoms with van der Waals surface area (Å²) < 4.78 is 12.2. The predicted molar refractivity (Wildman–Crippen MR) is 130 cm³/mol. The first kappa shape index (κ1) is 24.3. The molecular weight excluding hydrogens is 396 g/mol. The van der Waals surface area contributed by atoms with Gasteiger partial charge >= 0.3 is 0 Å². The van der Waals surface area contributed by atoms with Crippen molar-refractivity contribution in [3.8, 4) is 5.75 Å². The van der Waals surface area contributed by atoms with Crippen molar-refractivity contribution in [3.63, 3.8) is 0 Å². The molecule has 2 nitrogen and oxygen atoms in total. The van der Waals surface area contributed by atoms with Gasteiger partial charge in [-0.05, 0) is 73.2 Å². The number of ether oxygens (including phenoxy) is 1. The summed E-state index contributed by atoms with van der Waals surface area (Å²) in [6.07, 6.45) is 9.56. The van der Waals surface area contributed by atoms with Crippen molar-refractivity contribution in [2.24, 2.45) is 17.3 Å². The first-order valence-corrected chi connectivity index (χ1v) is 12.6. The van der Waals surface area contributed by atoms with Gasteiger partial charge in [0.2, 0.25) is 0 Å². The lowest BCUT2D eigenvalue weighted by molar-refractivity contribution is 0.177. The Morgan fingerprint density at radius 3 is 2.48 bits per heavy atom. The highest BCUT2D eigenvalue weighted by Gasteiger charge is 2.25. The lowest BCUT2D eigenvalue weighted by Crippen LogP contribution is -2.23. The van der Waals surface area contributed by atoms with E-state index in [0.29, 0.717) is 10.1 Å². The third-order valence-corrected chi connectivity index (χ3v) is 6.97. The summed E-state index contributed by atoms with van der Waals surface area (Å²) in [7, 11) is 0. The number of unbranched alkanes of at least 4 members (excludes halogenated alkanes) is 3. The standard InChI is InChI=1S/C25H38O2S2/c1-18(2)15-19(3)25(4,5)13-9-7-8-10-14-26-23-17-24(28)27-22-12-11-20(29-6)16-21(22)23/h11-12,16-19H,7-10,13-15H2,1-6H3. The summed E-state index contributed by atoms with van der Waals surface area (Å²) in [5.41, 5.74) is 1.23. The highest BCUT2D eigenvalue weighted by molar-refractivity contribution is 7.98. The number of hydrogen-bond acceptors (Lipinski definition) is 4. The molecule has 0 bridgehead atoms. The van der Waals surface area contributed by atoms with Crippen LogP contribution < -0.4 is 4.74 Å². The van der Waals surface area contributed by atoms with Crippen LogP contribution in [0.25, 0.3) is 11.0 Å². The number of thioether (sulfide) groups is 1. The van der Waals surface area contributed by atoms with Crippen LogP contribution in [0.3, 0.4) is 0 Å². The third-order valence-electron chi connectivity index (χ3n) is 6.04. The van der Waals surface area contributed by atoms with Crippen molar-refractivity contribution in [2.75, 3.05) is 12.9 Å². The predicted octanol–water partition coefficient (Wildman–Crippen LogP) is 8.92. The van der Waals surface area contributed by atoms with Gasteiger partial charge < -0.3 is 9.15 Å². The molecule has 0 saturated heterocycles. The molecule has 0 amide bonds. The largest absolute Gasteiger partial charge is 0.493 e. The lowest BCUT2D eigenvalue weighted by Gasteiger charge is -2.33. The Kier molecular flexibility index (Phi) is 9.55. The average Bonchev–Trinajstić information content (AvgIpc) is 2.66. The number of hydrogen-bond donors (Lipinski definition) is 0. The molecule has 0 aliphatic rings. The maximum absolute atomic E-state index is 6.09. The van der Waals surface area contributed by atoms with Crippen LogP contribution in [-0.4, -0.2) is 12.9 Å². The molecule has 0 N–H and O–H groups in total. The maximum atomic E-state index is 6.09. The van der Waals surface area contributed by atoms with Crippen LogP contribution in [0.2, 0.25) is 0 Å². The van der Waals surface area contributed by atoms with Gasteiger partial charge in [-0.15, -0.1) is 11.8 Å². The van der Waals surface area contributed by atoms with Crippen molar-refractivity contribution in [1.82, 2.24) is 0 Å². The fourth-order valence-corrected chi connectivity index (χ4v) is 4.49. The van der Waals surface area contributed by atoms with E-state index in [0.717, 1.165) is 41.6 Å². The molecule has 1 heterocycles. The minimum atomic E-state index is 0.433. The monoisotopic (exact) mass is 434 g/mol. The van der Waals surface area contributed by atoms with Crippen LogP contribution in [0, 0.1) is 22.0 Å². The van der Waals surface area contributed by atoms with E-state index in [4.69, 9.17) is 21.4 Å². The van der Waals surface area contributed by atoms with Crippen LogP contribution >= 0.6 is 24.0 Å². The van der Waals surface area contributed by atoms with Gasteiger partial charge in [-0.2, -0.15) is 0 Å². The second-order valence-electron chi connectivity index (χ2n) is 9.32. The Hall–Kier alpha value is -1.00. The summed E-state index contributed by atoms with van der Waals surface area (Å²) in [5, 5.41) is 1.01. The molecule has 0 aliphatic carbocycles. The van der Waals surface area contributed by atoms with Crippen LogP contribution in [0.4, 0.5) is 0 Å². The van der Waals surface area contributed by atoms with Crippen LogP contribution in [-0.2, 0) is 0 Å². The minimum absolute atomic E-state index is 0.433. The molecule has 1 aromatic carbocycles. The Balaban J connectivity index is 1.78. The first-order valence-electron chi connectivity index (χ1n) is 11.0. The number of rotatable bonds is 12. The molecule has 2 rings (SSSR count). The SMILES string of the molecule is CSc1ccc2oc(=S)cc(OCCCCCCC(C)(C)C(C)CC(C)C)c2c1. The molecule has 0 fully saturated rings. The molecule has 0 aliphatic heterocycles. The molecule has 162 valence electrons. The molecular formula is C25H38O2S2. The summed E-state index contributed by atoms with van der Waals surface area (Å²) >= 11 is 6.97. The van der Waals surface area contributed by atoms with Gasteiger partial charge in [-0.1, -0.05) is 53.9 Å². The summed E-state index contributed by atoms with van der Waals surface area (Å²) in [4.78, 5) is 1.20. The highest BCUT2D eigenvalue weighted by Crippen LogP contribution is 2.36. The summed E-state index contributed by atoms with van der Waals surface area (Å²) in [6, 6.07) is 7.98. The summed E-state index contributed by atoms with van der Waals surface area (Å²) in [5.74, 6) is 2.41. The molecule has 0 saturated carbocycles. The van der Waals surface area contributed by atoms with Crippen molar-refractivity contribution in [3.05, 3.63) is 29.0 Å². The zero-order chi connectivity index (χ0) is 21.4. The Morgan fingerprint density at radius 2 is 1.79 bits per heavy atom. The smallest absolute Gasteiger partial charge is 0.194 e. The molecule has 29 heavy (non-hydrogen) atoms. The van der Waals surface area contributed by atoms with Crippen LogP contribution in [0.5, 0.6) is 5.75 Å². The second kappa shape index (κ2) is 11.4. The molecule has 1 unspecified atom stereocenters. The average molecular weight is 435 g/mol. The molecule has 0 radical (unpaired) electrons. The normalized spacial score (nSPS) is 13.2. The van der Waals surface area contributed by atoms with Crippen molar-refractivity contribution < 1.29 is 9.15 Å². The van der Waals surface area contributed by atoms with E-state index in [1.165, 1.54) is 37.0 Å². The van der Waals surface area contributed by atoms with Gasteiger partial charge in [0.25, 0.3) is 0 Å². The molecule has 2 aromatic rings. The van der Waals surface area contributed by atoms with E-state index < -0.39 is 0 Å². The van der Waals surface area contributed by atoms with E-state index in [2.05, 4.69) is 53.0 Å². The van der Waals surface area contributed by atoms with Gasteiger partial charge in [0, 0.05) is 11.0 Å². The van der Waals surface area contributed by atoms with Crippen LogP contribution in [0.1, 0.15) is 73.1 Å². The van der Waals surface area contributed by atoms with Crippen molar-refractivity contribution in [1.29, 1.82) is 0 Å². The molecule has 4 heteroatoms. The lowest BCUT2D eigenvalue weighted by atomic mass is 9.73. The molecule has 1 aromatic heterocycles. The minimum Gasteiger partial charge on any atom is -0.493 e. The fourth-order valence-electron chi connectivity index (χ4n) is 3.85. The zero-order valence-electron chi connectivity index (χ0n) is 19.0. The van der Waals surface area contributed by atoms with E-state index in [9.17, 15) is 0 Å². The Morgan fingerprint density at radius 1 is 1.07 bits per heavy atom. The van der Waals surface area contributed by atoms with Crippen molar-refractivity contribution >= 4 is 34.9 Å². The quantitative estimate of drug-likeness (QED) is 0.189. The van der Waals surface area contributed by atoms with Gasteiger partial charge in [0.1, 0.15) is 11.3 Å². The van der Waals surface area contributed by atoms with Crippen molar-refractivity contribution in [2.45, 2.75) is 78.0 Å². The Bertz CT molecular complexity index is 823. The van der Waals surface area contributed by atoms with E-state index in [1.807, 2.05) is 12.1 Å². The van der Waals surface area contributed by atoms with E-state index in [-0.39, 0.29) is 0 Å². The van der Waals surface area contributed by atoms with Gasteiger partial charge in [-0.25, -0.2) is 0 Å². The van der Waals surface area contributed by atoms with E-state index in [1.54, 1.807) is 11.8 Å². The number of benzene rings is 1. The Labute approximate surface area is 186 Å². The topological polar surface area (TPSA) is 22.4 Å². The fraction of sp³-hybridized carbons (Fsp3) is 0.640. The van der Waals surface area contributed by atoms with Crippen LogP contribution in [0.15, 0.2) is 33.6 Å². The van der Waals surface area contributed by atoms with Gasteiger partial charge in [0.15, 0.2) is 4.71 Å². The van der Waals surface area contributed by atoms with E-state index >= 15 is 0 Å². The molecule has 1 atom stereocenters. The second-order valence-corrected chi connectivity index (χ2v) is 10.6. The highest BCUT2D eigenvalue weighted by atomic mass is 32.2. The van der Waals surface area contributed by atoms with Gasteiger partial charge in [-0.3, -0.25) is 0 Å². The summed E-state index contributed by atoms with van der Waals surface area (Å²) in [6.45, 7) is 12.7. The van der Waals surface area contributed by atoms with Gasteiger partial charge in [0.05, 0.1) is 12.0 Å².